The lowest BCUT2D eigenvalue weighted by atomic mass is 9.93. The highest BCUT2D eigenvalue weighted by Gasteiger charge is 2.22. The molecule has 0 fully saturated rings. The van der Waals surface area contributed by atoms with E-state index < -0.39 is 0 Å². The number of methoxy groups -OCH3 is 1. The predicted octanol–water partition coefficient (Wildman–Crippen LogP) is 3.62. The van der Waals surface area contributed by atoms with Crippen LogP contribution in [0, 0.1) is 6.92 Å². The summed E-state index contributed by atoms with van der Waals surface area (Å²) in [6.07, 6.45) is 2.14. The summed E-state index contributed by atoms with van der Waals surface area (Å²) in [5.74, 6) is 0.908. The van der Waals surface area contributed by atoms with Crippen LogP contribution in [0.3, 0.4) is 0 Å². The average Bonchev–Trinajstić information content (AvgIpc) is 2.81. The summed E-state index contributed by atoms with van der Waals surface area (Å²) < 4.78 is 5.28. The van der Waals surface area contributed by atoms with Crippen LogP contribution >= 0.6 is 0 Å². The van der Waals surface area contributed by atoms with Crippen LogP contribution in [-0.4, -0.2) is 7.11 Å². The van der Waals surface area contributed by atoms with Crippen molar-refractivity contribution < 1.29 is 4.74 Å². The molecule has 0 amide bonds. The summed E-state index contributed by atoms with van der Waals surface area (Å²) in [5.41, 5.74) is 12.7. The Morgan fingerprint density at radius 1 is 1.16 bits per heavy atom. The minimum absolute atomic E-state index is 0.202. The zero-order chi connectivity index (χ0) is 13.4. The van der Waals surface area contributed by atoms with Gasteiger partial charge in [-0.25, -0.2) is 0 Å². The van der Waals surface area contributed by atoms with Crippen molar-refractivity contribution in [2.24, 2.45) is 5.73 Å². The Balaban J connectivity index is 2.13. The molecule has 0 aromatic heterocycles. The third-order valence-electron chi connectivity index (χ3n) is 4.04. The number of ether oxygens (including phenoxy) is 1. The van der Waals surface area contributed by atoms with Gasteiger partial charge in [-0.05, 0) is 59.7 Å². The fourth-order valence-corrected chi connectivity index (χ4v) is 3.00. The summed E-state index contributed by atoms with van der Waals surface area (Å²) >= 11 is 0. The number of fused-ring (bicyclic) bond motifs is 1. The summed E-state index contributed by atoms with van der Waals surface area (Å²) in [4.78, 5) is 0. The molecule has 3 rings (SSSR count). The van der Waals surface area contributed by atoms with Gasteiger partial charge < -0.3 is 10.5 Å². The molecule has 0 heterocycles. The first kappa shape index (κ1) is 12.2. The highest BCUT2D eigenvalue weighted by Crippen LogP contribution is 2.38. The van der Waals surface area contributed by atoms with Gasteiger partial charge in [0.2, 0.25) is 0 Å². The van der Waals surface area contributed by atoms with Gasteiger partial charge in [-0.2, -0.15) is 0 Å². The molecule has 2 aromatic rings. The summed E-state index contributed by atoms with van der Waals surface area (Å²) in [6.45, 7) is 2.13. The van der Waals surface area contributed by atoms with Gasteiger partial charge in [0.1, 0.15) is 5.75 Å². The Bertz CT molecular complexity index is 619. The highest BCUT2D eigenvalue weighted by atomic mass is 16.5. The second-order valence-electron chi connectivity index (χ2n) is 5.20. The van der Waals surface area contributed by atoms with Gasteiger partial charge in [-0.15, -0.1) is 0 Å². The lowest BCUT2D eigenvalue weighted by Crippen LogP contribution is -2.05. The van der Waals surface area contributed by atoms with E-state index in [1.807, 2.05) is 6.07 Å². The Kier molecular flexibility index (Phi) is 3.03. The molecule has 2 nitrogen and oxygen atoms in total. The first-order valence-electron chi connectivity index (χ1n) is 6.73. The molecule has 0 aliphatic heterocycles. The van der Waals surface area contributed by atoms with Gasteiger partial charge in [-0.3, -0.25) is 0 Å². The van der Waals surface area contributed by atoms with Crippen molar-refractivity contribution in [1.82, 2.24) is 0 Å². The maximum Gasteiger partial charge on any atom is 0.119 e. The lowest BCUT2D eigenvalue weighted by molar-refractivity contribution is 0.414. The Labute approximate surface area is 114 Å². The van der Waals surface area contributed by atoms with E-state index in [1.54, 1.807) is 7.11 Å². The van der Waals surface area contributed by atoms with Crippen molar-refractivity contribution in [3.8, 4) is 16.9 Å². The molecule has 2 N–H and O–H groups in total. The number of nitrogens with two attached hydrogens (primary N) is 1. The highest BCUT2D eigenvalue weighted by molar-refractivity contribution is 5.73. The lowest BCUT2D eigenvalue weighted by Gasteiger charge is -2.13. The van der Waals surface area contributed by atoms with Crippen molar-refractivity contribution in [2.75, 3.05) is 7.11 Å². The van der Waals surface area contributed by atoms with E-state index >= 15 is 0 Å². The quantitative estimate of drug-likeness (QED) is 0.887. The first-order valence-corrected chi connectivity index (χ1v) is 6.73. The van der Waals surface area contributed by atoms with Crippen LogP contribution in [0.5, 0.6) is 5.75 Å². The molecule has 0 spiro atoms. The van der Waals surface area contributed by atoms with Gasteiger partial charge in [0, 0.05) is 6.04 Å². The first-order chi connectivity index (χ1) is 9.20. The van der Waals surface area contributed by atoms with Gasteiger partial charge in [0.05, 0.1) is 7.11 Å². The molecule has 19 heavy (non-hydrogen) atoms. The maximum atomic E-state index is 6.16. The molecule has 2 aromatic carbocycles. The van der Waals surface area contributed by atoms with Crippen LogP contribution in [0.15, 0.2) is 36.4 Å². The second kappa shape index (κ2) is 4.71. The molecule has 1 aliphatic carbocycles. The average molecular weight is 253 g/mol. The standard InChI is InChI=1S/C17H19NO/c1-11-10-12(19-2)6-7-13(11)14-4-3-5-16-15(14)8-9-17(16)18/h3-7,10,17H,8-9,18H2,1-2H3. The third-order valence-corrected chi connectivity index (χ3v) is 4.04. The van der Waals surface area contributed by atoms with E-state index in [1.165, 1.54) is 27.8 Å². The van der Waals surface area contributed by atoms with Crippen LogP contribution < -0.4 is 10.5 Å². The number of aryl methyl sites for hydroxylation is 1. The SMILES string of the molecule is COc1ccc(-c2cccc3c2CCC3N)c(C)c1. The smallest absolute Gasteiger partial charge is 0.119 e. The Morgan fingerprint density at radius 2 is 2.00 bits per heavy atom. The minimum atomic E-state index is 0.202. The summed E-state index contributed by atoms with van der Waals surface area (Å²) in [5, 5.41) is 0. The molecule has 0 bridgehead atoms. The van der Waals surface area contributed by atoms with Crippen LogP contribution in [0.2, 0.25) is 0 Å². The van der Waals surface area contributed by atoms with Crippen molar-refractivity contribution in [3.05, 3.63) is 53.1 Å². The maximum absolute atomic E-state index is 6.16. The molecule has 1 atom stereocenters. The predicted molar refractivity (Wildman–Crippen MR) is 78.4 cm³/mol. The van der Waals surface area contributed by atoms with E-state index in [0.717, 1.165) is 18.6 Å². The topological polar surface area (TPSA) is 35.2 Å². The number of benzene rings is 2. The van der Waals surface area contributed by atoms with Crippen molar-refractivity contribution in [3.63, 3.8) is 0 Å². The molecule has 1 aliphatic rings. The fourth-order valence-electron chi connectivity index (χ4n) is 3.00. The fraction of sp³-hybridized carbons (Fsp3) is 0.294. The largest absolute Gasteiger partial charge is 0.497 e. The molecular formula is C17H19NO. The van der Waals surface area contributed by atoms with Crippen molar-refractivity contribution >= 4 is 0 Å². The molecule has 0 radical (unpaired) electrons. The summed E-state index contributed by atoms with van der Waals surface area (Å²) in [6, 6.07) is 12.9. The third kappa shape index (κ3) is 2.02. The van der Waals surface area contributed by atoms with Gasteiger partial charge >= 0.3 is 0 Å². The molecule has 98 valence electrons. The van der Waals surface area contributed by atoms with Crippen LogP contribution in [0.25, 0.3) is 11.1 Å². The van der Waals surface area contributed by atoms with E-state index in [9.17, 15) is 0 Å². The number of hydrogen-bond donors (Lipinski definition) is 1. The van der Waals surface area contributed by atoms with E-state index in [2.05, 4.69) is 37.3 Å². The molecule has 0 saturated carbocycles. The Morgan fingerprint density at radius 3 is 2.74 bits per heavy atom. The van der Waals surface area contributed by atoms with E-state index in [-0.39, 0.29) is 6.04 Å². The van der Waals surface area contributed by atoms with E-state index in [0.29, 0.717) is 0 Å². The normalized spacial score (nSPS) is 17.3. The van der Waals surface area contributed by atoms with Crippen LogP contribution in [-0.2, 0) is 6.42 Å². The Hall–Kier alpha value is -1.80. The number of hydrogen-bond acceptors (Lipinski definition) is 2. The molecule has 0 saturated heterocycles. The number of rotatable bonds is 2. The van der Waals surface area contributed by atoms with Gasteiger partial charge in [0.25, 0.3) is 0 Å². The zero-order valence-corrected chi connectivity index (χ0v) is 11.4. The van der Waals surface area contributed by atoms with Crippen LogP contribution in [0.1, 0.15) is 29.2 Å². The molecular weight excluding hydrogens is 234 g/mol. The minimum Gasteiger partial charge on any atom is -0.497 e. The molecule has 1 unspecified atom stereocenters. The second-order valence-corrected chi connectivity index (χ2v) is 5.20. The zero-order valence-electron chi connectivity index (χ0n) is 11.4. The van der Waals surface area contributed by atoms with E-state index in [4.69, 9.17) is 10.5 Å². The van der Waals surface area contributed by atoms with Crippen LogP contribution in [0.4, 0.5) is 0 Å². The molecule has 2 heteroatoms. The van der Waals surface area contributed by atoms with Crippen molar-refractivity contribution in [2.45, 2.75) is 25.8 Å². The van der Waals surface area contributed by atoms with Gasteiger partial charge in [-0.1, -0.05) is 24.3 Å². The van der Waals surface area contributed by atoms with Crippen molar-refractivity contribution in [1.29, 1.82) is 0 Å². The van der Waals surface area contributed by atoms with Gasteiger partial charge in [0.15, 0.2) is 0 Å². The summed E-state index contributed by atoms with van der Waals surface area (Å²) in [7, 11) is 1.70. The monoisotopic (exact) mass is 253 g/mol.